The van der Waals surface area contributed by atoms with Crippen molar-refractivity contribution in [3.05, 3.63) is 307 Å². The van der Waals surface area contributed by atoms with Crippen molar-refractivity contribution in [2.45, 2.75) is 74.7 Å². The van der Waals surface area contributed by atoms with E-state index in [1.807, 2.05) is 66.8 Å². The summed E-state index contributed by atoms with van der Waals surface area (Å²) in [5, 5.41) is 0. The minimum Gasteiger partial charge on any atom is -0.493 e. The standard InChI is InChI=1S/C28H24N2.C26H22N4.C24H22N4.3Ir/c1-20-10-4-5-15-25(20)30-19-29(26-16-6-7-17-27(26)30)24-14-9-13-23(18-24)28-21(2)11-8-12-22(28)3;1-18-8-4-5-13-23(18)30-17-29(25-26(30)28-15-14-27-25)22-12-7-11-21(16-22)24-19(2)9-6-10-20(24)3;1-17-8-6-7-9-21(17)28-16-27(23-22(28)14-19(25-5)15-26-23)20-12-10-18(11-13-20)24(2,3)4;;;/h4-13,15-19H,1-3H3;4-11,13-17H,1-3H3;6-12,14-16H,1-4H3;;;/q3*-2;;;. The Kier molecular flexibility index (Phi) is 21.1. The van der Waals surface area contributed by atoms with Gasteiger partial charge in [0.05, 0.1) is 6.57 Å². The van der Waals surface area contributed by atoms with Crippen molar-refractivity contribution < 1.29 is 60.3 Å². The monoisotopic (exact) mass is 1720 g/mol. The van der Waals surface area contributed by atoms with Crippen LogP contribution in [-0.4, -0.2) is 15.0 Å². The summed E-state index contributed by atoms with van der Waals surface area (Å²) in [4.78, 5) is 30.2. The van der Waals surface area contributed by atoms with E-state index in [-0.39, 0.29) is 65.7 Å². The first-order valence-electron chi connectivity index (χ1n) is 29.6. The summed E-state index contributed by atoms with van der Waals surface area (Å²) < 4.78 is 0. The van der Waals surface area contributed by atoms with Crippen molar-refractivity contribution in [1.29, 1.82) is 0 Å². The van der Waals surface area contributed by atoms with Gasteiger partial charge in [-0.3, -0.25) is 4.98 Å². The van der Waals surface area contributed by atoms with Crippen molar-refractivity contribution in [3.8, 4) is 22.3 Å². The molecule has 0 fully saturated rings. The zero-order chi connectivity index (χ0) is 61.2. The van der Waals surface area contributed by atoms with Gasteiger partial charge in [0.2, 0.25) is 5.69 Å². The Morgan fingerprint density at radius 3 is 1.26 bits per heavy atom. The van der Waals surface area contributed by atoms with Gasteiger partial charge in [-0.1, -0.05) is 129 Å². The van der Waals surface area contributed by atoms with Crippen molar-refractivity contribution in [3.63, 3.8) is 0 Å². The van der Waals surface area contributed by atoms with Gasteiger partial charge in [0.15, 0.2) is 0 Å². The van der Waals surface area contributed by atoms with Crippen LogP contribution in [-0.2, 0) is 65.7 Å². The molecule has 0 aliphatic carbocycles. The number of aromatic nitrogens is 3. The van der Waals surface area contributed by atoms with Crippen LogP contribution in [0, 0.1) is 93.2 Å². The first-order valence-corrected chi connectivity index (χ1v) is 29.6. The number of anilines is 12. The first-order chi connectivity index (χ1) is 42.6. The molecule has 11 aromatic rings. The number of hydrogen-bond donors (Lipinski definition) is 0. The smallest absolute Gasteiger partial charge is 0.207 e. The van der Waals surface area contributed by atoms with Crippen LogP contribution in [0.2, 0.25) is 0 Å². The molecule has 5 heterocycles. The molecule has 3 aliphatic heterocycles. The maximum absolute atomic E-state index is 7.35. The van der Waals surface area contributed by atoms with Crippen LogP contribution in [0.1, 0.15) is 65.3 Å². The van der Waals surface area contributed by atoms with Gasteiger partial charge >= 0.3 is 0 Å². The summed E-state index contributed by atoms with van der Waals surface area (Å²) in [6, 6.07) is 77.5. The number of fused-ring (bicyclic) bond motifs is 3. The van der Waals surface area contributed by atoms with Crippen molar-refractivity contribution >= 4 is 74.3 Å². The predicted octanol–water partition coefficient (Wildman–Crippen LogP) is 20.2. The SMILES string of the molecule is Cc1ccccc1N1[CH-]N(c2[c-]ccc(-c3c(C)cccc3C)c2)c2ccccc21.Cc1ccccc1N1[CH-]N(c2[c-]ccc(-c3c(C)cccc3C)c2)c2nccnc21.[C-]#[N+]c1cnc2c(c1)N(c1ccccc1C)[CH-]N2c1[c-]cc(C(C)(C)C)cc1.[Ir].[Ir].[Ir]. The van der Waals surface area contributed by atoms with E-state index >= 15 is 0 Å². The molecule has 0 amide bonds. The molecule has 91 heavy (non-hydrogen) atoms. The van der Waals surface area contributed by atoms with E-state index in [0.717, 1.165) is 62.8 Å². The van der Waals surface area contributed by atoms with E-state index in [2.05, 4.69) is 284 Å². The van der Waals surface area contributed by atoms with Crippen LogP contribution >= 0.6 is 0 Å². The summed E-state index contributed by atoms with van der Waals surface area (Å²) in [7, 11) is 0. The number of rotatable bonds is 8. The molecule has 463 valence electrons. The van der Waals surface area contributed by atoms with E-state index < -0.39 is 0 Å². The van der Waals surface area contributed by atoms with Crippen molar-refractivity contribution in [2.24, 2.45) is 0 Å². The maximum atomic E-state index is 7.35. The molecule has 0 spiro atoms. The first kappa shape index (κ1) is 66.9. The molecule has 0 saturated heterocycles. The number of hydrogen-bond acceptors (Lipinski definition) is 9. The fourth-order valence-electron chi connectivity index (χ4n) is 11.8. The molecule has 0 unspecified atom stereocenters. The number of aryl methyl sites for hydroxylation is 7. The summed E-state index contributed by atoms with van der Waals surface area (Å²) in [6.07, 6.45) is 5.09. The Morgan fingerprint density at radius 2 is 0.791 bits per heavy atom. The number of pyridine rings is 1. The fraction of sp³-hybridized carbons (Fsp3) is 0.141. The third-order valence-corrected chi connectivity index (χ3v) is 16.3. The zero-order valence-corrected chi connectivity index (χ0v) is 59.6. The van der Waals surface area contributed by atoms with Crippen LogP contribution in [0.4, 0.5) is 74.3 Å². The second-order valence-electron chi connectivity index (χ2n) is 23.4. The van der Waals surface area contributed by atoms with Crippen molar-refractivity contribution in [1.82, 2.24) is 15.0 Å². The van der Waals surface area contributed by atoms with Crippen LogP contribution in [0.25, 0.3) is 27.1 Å². The van der Waals surface area contributed by atoms with Gasteiger partial charge in [0.1, 0.15) is 17.5 Å². The van der Waals surface area contributed by atoms with E-state index in [9.17, 15) is 0 Å². The molecular weight excluding hydrogens is 1650 g/mol. The molecule has 9 aromatic carbocycles. The number of para-hydroxylation sites is 5. The molecule has 2 aromatic heterocycles. The van der Waals surface area contributed by atoms with E-state index in [1.54, 1.807) is 18.6 Å². The topological polar surface area (TPSA) is 62.5 Å². The van der Waals surface area contributed by atoms with E-state index in [0.29, 0.717) is 5.69 Å². The average Bonchev–Trinajstić information content (AvgIpc) is 1.66. The molecule has 0 N–H and O–H groups in total. The summed E-state index contributed by atoms with van der Waals surface area (Å²) in [5.41, 5.74) is 25.0. The molecule has 0 bridgehead atoms. The summed E-state index contributed by atoms with van der Waals surface area (Å²) >= 11 is 0. The van der Waals surface area contributed by atoms with Gasteiger partial charge < -0.3 is 29.4 Å². The van der Waals surface area contributed by atoms with Crippen LogP contribution in [0.3, 0.4) is 0 Å². The number of benzene rings is 9. The second kappa shape index (κ2) is 28.7. The molecule has 14 rings (SSSR count). The van der Waals surface area contributed by atoms with Gasteiger partial charge in [-0.25, -0.2) is 14.8 Å². The van der Waals surface area contributed by atoms with Crippen LogP contribution in [0.5, 0.6) is 0 Å². The molecule has 13 heteroatoms. The van der Waals surface area contributed by atoms with E-state index in [4.69, 9.17) is 6.57 Å². The summed E-state index contributed by atoms with van der Waals surface area (Å²) in [5.74, 6) is 2.42. The minimum absolute atomic E-state index is 0. The van der Waals surface area contributed by atoms with Gasteiger partial charge in [-0.2, -0.15) is 60.2 Å². The third-order valence-electron chi connectivity index (χ3n) is 16.3. The second-order valence-corrected chi connectivity index (χ2v) is 23.4. The summed E-state index contributed by atoms with van der Waals surface area (Å²) in [6.45, 7) is 35.2. The predicted molar refractivity (Wildman–Crippen MR) is 363 cm³/mol. The quantitative estimate of drug-likeness (QED) is 0.138. The molecule has 3 radical (unpaired) electrons. The Morgan fingerprint density at radius 1 is 0.385 bits per heavy atom. The van der Waals surface area contributed by atoms with Gasteiger partial charge in [-0.15, -0.1) is 66.4 Å². The van der Waals surface area contributed by atoms with Gasteiger partial charge in [0, 0.05) is 113 Å². The van der Waals surface area contributed by atoms with Crippen LogP contribution < -0.4 is 29.4 Å². The fourth-order valence-corrected chi connectivity index (χ4v) is 11.8. The number of nitrogens with zero attached hydrogens (tertiary/aromatic N) is 10. The largest absolute Gasteiger partial charge is 0.493 e. The Bertz CT molecular complexity index is 4190. The molecule has 10 nitrogen and oxygen atoms in total. The Balaban J connectivity index is 0.000000159. The Labute approximate surface area is 578 Å². The zero-order valence-electron chi connectivity index (χ0n) is 52.4. The molecule has 3 aliphatic rings. The molecule has 0 saturated carbocycles. The van der Waals surface area contributed by atoms with Gasteiger partial charge in [0.25, 0.3) is 0 Å². The minimum atomic E-state index is 0. The molecule has 0 atom stereocenters. The van der Waals surface area contributed by atoms with E-state index in [1.165, 1.54) is 72.6 Å². The van der Waals surface area contributed by atoms with Crippen molar-refractivity contribution in [2.75, 3.05) is 29.4 Å². The normalized spacial score (nSPS) is 12.6. The molecular formula is C78H68Ir3N10-6. The average molecular weight is 1720 g/mol. The van der Waals surface area contributed by atoms with Crippen LogP contribution in [0.15, 0.2) is 213 Å². The third kappa shape index (κ3) is 13.7. The maximum Gasteiger partial charge on any atom is 0.207 e. The Hall–Kier alpha value is -8.55. The van der Waals surface area contributed by atoms with Gasteiger partial charge in [-0.05, 0) is 135 Å².